The number of hydrogen-bond acceptors (Lipinski definition) is 15. The normalized spacial score (nSPS) is 19.1. The van der Waals surface area contributed by atoms with Crippen molar-refractivity contribution in [2.24, 2.45) is 11.8 Å². The van der Waals surface area contributed by atoms with E-state index in [0.717, 1.165) is 38.9 Å². The van der Waals surface area contributed by atoms with Crippen LogP contribution in [0.2, 0.25) is 0 Å². The van der Waals surface area contributed by atoms with E-state index >= 15 is 0 Å². The van der Waals surface area contributed by atoms with Crippen LogP contribution >= 0.6 is 0 Å². The number of nitrogens with one attached hydrogen (secondary N) is 2. The Hall–Kier alpha value is -5.21. The first-order valence-electron chi connectivity index (χ1n) is 22.5. The zero-order valence-electron chi connectivity index (χ0n) is 42.7. The fourth-order valence-electron chi connectivity index (χ4n) is 9.21. The van der Waals surface area contributed by atoms with Gasteiger partial charge in [-0.3, -0.25) is 33.6 Å². The second-order valence-corrected chi connectivity index (χ2v) is 17.1. The summed E-state index contributed by atoms with van der Waals surface area (Å²) in [6, 6.07) is 26.9. The van der Waals surface area contributed by atoms with Crippen LogP contribution in [0.5, 0.6) is 0 Å². The van der Waals surface area contributed by atoms with Crippen molar-refractivity contribution in [3.8, 4) is 11.1 Å². The number of hydroxylamine groups is 2. The smallest absolute Gasteiger partial charge is 1.00 e. The molecule has 3 aliphatic heterocycles. The monoisotopic (exact) mass is 1030 g/mol. The number of methoxy groups -OCH3 is 1. The minimum atomic E-state index is -1.05. The van der Waals surface area contributed by atoms with Crippen LogP contribution in [0.25, 0.3) is 22.0 Å². The first-order valence-corrected chi connectivity index (χ1v) is 22.5. The first kappa shape index (κ1) is 63.1. The maximum absolute atomic E-state index is 14.1. The summed E-state index contributed by atoms with van der Waals surface area (Å²) in [6.07, 6.45) is 0.970. The van der Waals surface area contributed by atoms with Crippen LogP contribution in [-0.2, 0) is 76.9 Å². The van der Waals surface area contributed by atoms with Crippen molar-refractivity contribution >= 4 is 58.9 Å². The fraction of sp³-hybridized carbons (Fsp3) is 0.333. The van der Waals surface area contributed by atoms with Gasteiger partial charge in [0.05, 0.1) is 13.2 Å². The quantitative estimate of drug-likeness (QED) is 0.0389. The van der Waals surface area contributed by atoms with Crippen molar-refractivity contribution in [1.82, 2.24) is 20.3 Å². The molecular weight excluding hydrogens is 980 g/mol. The molecule has 4 amide bonds. The number of ether oxygens (including phenoxy) is 3. The Morgan fingerprint density at radius 2 is 1.53 bits per heavy atom. The van der Waals surface area contributed by atoms with E-state index < -0.39 is 47.8 Å². The van der Waals surface area contributed by atoms with Gasteiger partial charge < -0.3 is 46.5 Å². The number of benzene rings is 4. The van der Waals surface area contributed by atoms with Crippen molar-refractivity contribution in [2.75, 3.05) is 26.9 Å². The second-order valence-electron chi connectivity index (χ2n) is 17.1. The predicted molar refractivity (Wildman–Crippen MR) is 246 cm³/mol. The van der Waals surface area contributed by atoms with Crippen LogP contribution in [0, 0.1) is 17.7 Å². The number of ketones is 1. The van der Waals surface area contributed by atoms with Crippen molar-refractivity contribution in [1.29, 1.82) is 0 Å². The Bertz CT molecular complexity index is 2750. The summed E-state index contributed by atoms with van der Waals surface area (Å²) < 4.78 is 30.2. The molecule has 4 heterocycles. The number of fused-ring (bicyclic) bond motifs is 8. The third-order valence-corrected chi connectivity index (χ3v) is 12.6. The van der Waals surface area contributed by atoms with Crippen LogP contribution in [0.4, 0.5) is 9.18 Å². The molecule has 1 aromatic heterocycles. The molecule has 5 aromatic rings. The van der Waals surface area contributed by atoms with Gasteiger partial charge in [0.2, 0.25) is 11.8 Å². The van der Waals surface area contributed by atoms with E-state index in [-0.39, 0.29) is 166 Å². The van der Waals surface area contributed by atoms with Gasteiger partial charge in [0.1, 0.15) is 24.8 Å². The van der Waals surface area contributed by atoms with Crippen LogP contribution < -0.4 is 88.5 Å². The molecule has 9 rings (SSSR count). The third-order valence-electron chi connectivity index (χ3n) is 12.6. The molecule has 19 nitrogen and oxygen atoms in total. The summed E-state index contributed by atoms with van der Waals surface area (Å²) >= 11 is 0. The number of halogens is 1. The molecule has 3 N–H and O–H groups in total. The molecule has 376 valence electrons. The van der Waals surface area contributed by atoms with Gasteiger partial charge >= 0.3 is 90.1 Å². The average molecular weight is 1030 g/mol. The standard InChI is InChI=1S/C31H34FN3O6.C19H15NO5.CH2O3.Li.2Na.H2O.H/c1-18-10-19-4-3-5-20(11-19)15-34-28(37)17-41-27-8-9-35(29(27)31(39)40-2)30(38)21(13-26(18)36)12-22-16-33-25-7-6-23(32)14-24(22)25;21-17-9-10-18(22)20(17)25-19(23)24-11-16-14-7-3-1-5-12(14)13-6-2-4-8-15(13)16;2-1-4-3;;;;;/h3-7,11,14,16,18,21,27,29,33H,8-10,12-13,15,17H2,1-2H3,(H,34,37);1-8,16H,9-11H2;1,3H;;;;1H2;/q;;;3*+1;;-1/p-2/t18-,21+,27-,29-;;;;;;;/m0......./s1. The number of carbonyl (C=O) groups excluding carboxylic acids is 8. The molecule has 0 unspecified atom stereocenters. The van der Waals surface area contributed by atoms with E-state index in [1.165, 1.54) is 24.1 Å². The number of hydrogen-bond donors (Lipinski definition) is 2. The summed E-state index contributed by atoms with van der Waals surface area (Å²) in [5.74, 6) is -4.21. The number of H-pyrrole nitrogens is 1. The van der Waals surface area contributed by atoms with E-state index in [0.29, 0.717) is 35.4 Å². The topological polar surface area (TPSA) is 270 Å². The maximum atomic E-state index is 14.1. The molecule has 0 spiro atoms. The van der Waals surface area contributed by atoms with Gasteiger partial charge in [-0.05, 0) is 76.4 Å². The van der Waals surface area contributed by atoms with Gasteiger partial charge in [-0.1, -0.05) is 84.8 Å². The first-order chi connectivity index (χ1) is 33.8. The molecule has 4 aliphatic rings. The Balaban J connectivity index is 0.000000488. The summed E-state index contributed by atoms with van der Waals surface area (Å²) in [7, 11) is 1.24. The van der Waals surface area contributed by atoms with E-state index in [1.54, 1.807) is 12.3 Å². The van der Waals surface area contributed by atoms with Gasteiger partial charge in [0, 0.05) is 67.2 Å². The number of Topliss-reactive ketones (excluding diaryl/α,β-unsaturated/α-hetero) is 1. The van der Waals surface area contributed by atoms with Crippen LogP contribution in [0.15, 0.2) is 97.2 Å². The SMILES string of the molecule is COC(=O)[C@@H]1[C@@H]2CCN1C(=O)[C@H](Cc1c[nH]c3ccc(F)cc13)CC(=O)[C@@H](C)Cc1cccc(c1)CNC(=O)CO2.O=C(OCC1c2ccccc2-c2ccccc21)ON1C(=O)CCC1=O.O=CO[O-].[H-].[Li+].[Na+].[Na+].[OH-]. The molecule has 2 fully saturated rings. The summed E-state index contributed by atoms with van der Waals surface area (Å²) in [5, 5.41) is 12.4. The molecule has 74 heavy (non-hydrogen) atoms. The van der Waals surface area contributed by atoms with Crippen LogP contribution in [0.3, 0.4) is 0 Å². The number of imide groups is 1. The Morgan fingerprint density at radius 1 is 0.892 bits per heavy atom. The summed E-state index contributed by atoms with van der Waals surface area (Å²) in [4.78, 5) is 108. The number of rotatable bonds is 7. The van der Waals surface area contributed by atoms with E-state index in [2.05, 4.69) is 15.2 Å². The molecule has 4 bridgehead atoms. The zero-order chi connectivity index (χ0) is 49.9. The van der Waals surface area contributed by atoms with E-state index in [4.69, 9.17) is 29.1 Å². The molecule has 0 saturated carbocycles. The van der Waals surface area contributed by atoms with Gasteiger partial charge in [-0.15, -0.1) is 0 Å². The number of esters is 1. The number of aromatic nitrogens is 1. The summed E-state index contributed by atoms with van der Waals surface area (Å²) in [6.45, 7) is 1.95. The number of amides is 4. The molecule has 1 aliphatic carbocycles. The number of nitrogens with zero attached hydrogens (tertiary/aromatic N) is 2. The predicted octanol–water partition coefficient (Wildman–Crippen LogP) is -4.51. The zero-order valence-corrected chi connectivity index (χ0v) is 45.7. The Labute approximate surface area is 482 Å². The molecule has 4 aromatic carbocycles. The molecule has 4 atom stereocenters. The van der Waals surface area contributed by atoms with Gasteiger partial charge in [0.15, 0.2) is 6.04 Å². The van der Waals surface area contributed by atoms with Crippen molar-refractivity contribution in [2.45, 2.75) is 70.1 Å². The van der Waals surface area contributed by atoms with Crippen molar-refractivity contribution in [3.05, 3.63) is 131 Å². The van der Waals surface area contributed by atoms with Crippen molar-refractivity contribution in [3.63, 3.8) is 0 Å². The molecular formula is C51H52FLiN4Na2O15. The number of aromatic amines is 1. The Morgan fingerprint density at radius 3 is 2.16 bits per heavy atom. The fourth-order valence-corrected chi connectivity index (χ4v) is 9.21. The molecule has 0 radical (unpaired) electrons. The Kier molecular flexibility index (Phi) is 25.4. The molecule has 23 heteroatoms. The number of carbonyl (C=O) groups is 8. The van der Waals surface area contributed by atoms with Crippen LogP contribution in [-0.4, -0.2) is 107 Å². The maximum Gasteiger partial charge on any atom is 1.00 e. The molecule has 2 saturated heterocycles. The van der Waals surface area contributed by atoms with Gasteiger partial charge in [0.25, 0.3) is 18.3 Å². The minimum Gasteiger partial charge on any atom is -1.00 e. The average Bonchev–Trinajstić information content (AvgIpc) is 4.14. The van der Waals surface area contributed by atoms with Gasteiger partial charge in [-0.25, -0.2) is 14.0 Å². The third kappa shape index (κ3) is 15.4. The summed E-state index contributed by atoms with van der Waals surface area (Å²) in [5.41, 5.74) is 7.64. The second kappa shape index (κ2) is 29.8. The minimum absolute atomic E-state index is 0. The van der Waals surface area contributed by atoms with Crippen molar-refractivity contribution < 1.29 is 157 Å². The van der Waals surface area contributed by atoms with Crippen LogP contribution in [0.1, 0.15) is 67.8 Å². The van der Waals surface area contributed by atoms with E-state index in [9.17, 15) is 38.0 Å². The van der Waals surface area contributed by atoms with E-state index in [1.807, 2.05) is 79.7 Å². The van der Waals surface area contributed by atoms with Gasteiger partial charge in [-0.2, -0.15) is 0 Å². The largest absolute Gasteiger partial charge is 1.00 e.